The van der Waals surface area contributed by atoms with E-state index in [-0.39, 0.29) is 6.04 Å². The normalized spacial score (nSPS) is 27.6. The zero-order chi connectivity index (χ0) is 14.1. The third-order valence-corrected chi connectivity index (χ3v) is 4.88. The second kappa shape index (κ2) is 5.72. The summed E-state index contributed by atoms with van der Waals surface area (Å²) in [7, 11) is 1.71. The largest absolute Gasteiger partial charge is 0.497 e. The highest BCUT2D eigenvalue weighted by Gasteiger charge is 2.35. The van der Waals surface area contributed by atoms with Crippen LogP contribution in [0.5, 0.6) is 5.75 Å². The molecular formula is C16H25N3O. The fourth-order valence-electron chi connectivity index (χ4n) is 3.52. The van der Waals surface area contributed by atoms with Gasteiger partial charge in [-0.05, 0) is 36.2 Å². The van der Waals surface area contributed by atoms with Crippen LogP contribution in [0.15, 0.2) is 18.2 Å². The van der Waals surface area contributed by atoms with Gasteiger partial charge in [0.05, 0.1) is 7.11 Å². The first-order valence-electron chi connectivity index (χ1n) is 7.61. The van der Waals surface area contributed by atoms with E-state index in [0.29, 0.717) is 6.04 Å². The smallest absolute Gasteiger partial charge is 0.119 e. The van der Waals surface area contributed by atoms with Crippen LogP contribution in [0.1, 0.15) is 24.1 Å². The maximum Gasteiger partial charge on any atom is 0.119 e. The standard InChI is InChI=1S/C16H25N3O/c1-3-18-6-8-19(9-7-18)15-10-12-4-5-13(20-2)11-14(12)16(15)17/h4-5,11,15-16H,3,6-10,17H2,1-2H3. The Morgan fingerprint density at radius 2 is 2.00 bits per heavy atom. The molecule has 0 bridgehead atoms. The number of likely N-dealkylation sites (N-methyl/N-ethyl adjacent to an activating group) is 1. The van der Waals surface area contributed by atoms with Gasteiger partial charge in [-0.2, -0.15) is 0 Å². The van der Waals surface area contributed by atoms with Crippen molar-refractivity contribution < 1.29 is 4.74 Å². The number of piperazine rings is 1. The lowest BCUT2D eigenvalue weighted by Crippen LogP contribution is -2.52. The molecule has 2 unspecified atom stereocenters. The molecule has 2 aliphatic rings. The molecule has 1 saturated heterocycles. The summed E-state index contributed by atoms with van der Waals surface area (Å²) < 4.78 is 5.32. The molecule has 0 radical (unpaired) electrons. The molecule has 1 aliphatic heterocycles. The van der Waals surface area contributed by atoms with Crippen LogP contribution in [0, 0.1) is 0 Å². The molecule has 0 aromatic heterocycles. The number of benzene rings is 1. The van der Waals surface area contributed by atoms with E-state index in [2.05, 4.69) is 28.9 Å². The van der Waals surface area contributed by atoms with Crippen molar-refractivity contribution in [3.8, 4) is 5.75 Å². The minimum atomic E-state index is 0.119. The number of ether oxygens (including phenoxy) is 1. The van der Waals surface area contributed by atoms with Gasteiger partial charge in [-0.25, -0.2) is 0 Å². The number of rotatable bonds is 3. The first kappa shape index (κ1) is 13.9. The third-order valence-electron chi connectivity index (χ3n) is 4.88. The summed E-state index contributed by atoms with van der Waals surface area (Å²) in [5.74, 6) is 0.913. The van der Waals surface area contributed by atoms with Crippen LogP contribution in [-0.4, -0.2) is 55.7 Å². The molecule has 110 valence electrons. The summed E-state index contributed by atoms with van der Waals surface area (Å²) in [6, 6.07) is 6.91. The number of nitrogens with two attached hydrogens (primary N) is 1. The lowest BCUT2D eigenvalue weighted by molar-refractivity contribution is 0.0925. The first-order chi connectivity index (χ1) is 9.72. The highest BCUT2D eigenvalue weighted by Crippen LogP contribution is 2.35. The van der Waals surface area contributed by atoms with Crippen molar-refractivity contribution >= 4 is 0 Å². The van der Waals surface area contributed by atoms with Crippen molar-refractivity contribution in [2.45, 2.75) is 25.4 Å². The monoisotopic (exact) mass is 275 g/mol. The van der Waals surface area contributed by atoms with E-state index in [1.165, 1.54) is 24.2 Å². The van der Waals surface area contributed by atoms with Crippen LogP contribution in [-0.2, 0) is 6.42 Å². The molecule has 2 atom stereocenters. The summed E-state index contributed by atoms with van der Waals surface area (Å²) in [6.45, 7) is 7.99. The van der Waals surface area contributed by atoms with Gasteiger partial charge in [0.2, 0.25) is 0 Å². The molecule has 1 heterocycles. The quantitative estimate of drug-likeness (QED) is 0.902. The fraction of sp³-hybridized carbons (Fsp3) is 0.625. The SMILES string of the molecule is CCN1CCN(C2Cc3ccc(OC)cc3C2N)CC1. The van der Waals surface area contributed by atoms with Gasteiger partial charge in [0.25, 0.3) is 0 Å². The molecule has 0 spiro atoms. The van der Waals surface area contributed by atoms with Crippen molar-refractivity contribution in [3.05, 3.63) is 29.3 Å². The zero-order valence-electron chi connectivity index (χ0n) is 12.5. The van der Waals surface area contributed by atoms with Crippen LogP contribution in [0.25, 0.3) is 0 Å². The molecule has 0 amide bonds. The van der Waals surface area contributed by atoms with Crippen LogP contribution >= 0.6 is 0 Å². The minimum absolute atomic E-state index is 0.119. The van der Waals surface area contributed by atoms with Gasteiger partial charge >= 0.3 is 0 Å². The average Bonchev–Trinajstić information content (AvgIpc) is 2.84. The first-order valence-corrected chi connectivity index (χ1v) is 7.61. The van der Waals surface area contributed by atoms with E-state index in [0.717, 1.165) is 31.8 Å². The molecular weight excluding hydrogens is 250 g/mol. The summed E-state index contributed by atoms with van der Waals surface area (Å²) >= 11 is 0. The summed E-state index contributed by atoms with van der Waals surface area (Å²) in [5.41, 5.74) is 9.16. The maximum atomic E-state index is 6.50. The van der Waals surface area contributed by atoms with Crippen LogP contribution in [0.2, 0.25) is 0 Å². The Bertz CT molecular complexity index is 469. The van der Waals surface area contributed by atoms with Gasteiger partial charge in [0, 0.05) is 38.3 Å². The Hall–Kier alpha value is -1.10. The second-order valence-electron chi connectivity index (χ2n) is 5.83. The highest BCUT2D eigenvalue weighted by molar-refractivity contribution is 5.42. The van der Waals surface area contributed by atoms with E-state index in [4.69, 9.17) is 10.5 Å². The number of hydrogen-bond acceptors (Lipinski definition) is 4. The van der Waals surface area contributed by atoms with Gasteiger partial charge in [-0.1, -0.05) is 13.0 Å². The summed E-state index contributed by atoms with van der Waals surface area (Å²) in [5, 5.41) is 0. The van der Waals surface area contributed by atoms with E-state index in [1.807, 2.05) is 6.07 Å². The fourth-order valence-corrected chi connectivity index (χ4v) is 3.52. The van der Waals surface area contributed by atoms with Gasteiger partial charge in [0.15, 0.2) is 0 Å². The summed E-state index contributed by atoms with van der Waals surface area (Å²) in [6.07, 6.45) is 1.08. The lowest BCUT2D eigenvalue weighted by atomic mass is 10.1. The predicted octanol–water partition coefficient (Wildman–Crippen LogP) is 1.26. The van der Waals surface area contributed by atoms with Gasteiger partial charge in [-0.15, -0.1) is 0 Å². The third kappa shape index (κ3) is 2.43. The molecule has 4 heteroatoms. The van der Waals surface area contributed by atoms with Gasteiger partial charge in [-0.3, -0.25) is 4.90 Å². The Kier molecular flexibility index (Phi) is 3.96. The van der Waals surface area contributed by atoms with Crippen molar-refractivity contribution in [2.75, 3.05) is 39.8 Å². The number of methoxy groups -OCH3 is 1. The average molecular weight is 275 g/mol. The Morgan fingerprint density at radius 1 is 1.25 bits per heavy atom. The van der Waals surface area contributed by atoms with Crippen LogP contribution in [0.4, 0.5) is 0 Å². The molecule has 1 aromatic rings. The van der Waals surface area contributed by atoms with Crippen molar-refractivity contribution in [2.24, 2.45) is 5.73 Å². The molecule has 0 saturated carbocycles. The molecule has 3 rings (SSSR count). The molecule has 1 aromatic carbocycles. The lowest BCUT2D eigenvalue weighted by Gasteiger charge is -2.39. The molecule has 4 nitrogen and oxygen atoms in total. The second-order valence-corrected chi connectivity index (χ2v) is 5.83. The molecule has 2 N–H and O–H groups in total. The van der Waals surface area contributed by atoms with E-state index in [9.17, 15) is 0 Å². The summed E-state index contributed by atoms with van der Waals surface area (Å²) in [4.78, 5) is 5.08. The number of nitrogens with zero attached hydrogens (tertiary/aromatic N) is 2. The van der Waals surface area contributed by atoms with E-state index in [1.54, 1.807) is 7.11 Å². The van der Waals surface area contributed by atoms with Crippen LogP contribution < -0.4 is 10.5 Å². The number of fused-ring (bicyclic) bond motifs is 1. The van der Waals surface area contributed by atoms with E-state index >= 15 is 0 Å². The van der Waals surface area contributed by atoms with Gasteiger partial charge < -0.3 is 15.4 Å². The molecule has 1 aliphatic carbocycles. The molecule has 20 heavy (non-hydrogen) atoms. The number of hydrogen-bond donors (Lipinski definition) is 1. The van der Waals surface area contributed by atoms with Crippen LogP contribution in [0.3, 0.4) is 0 Å². The molecule has 1 fully saturated rings. The van der Waals surface area contributed by atoms with E-state index < -0.39 is 0 Å². The minimum Gasteiger partial charge on any atom is -0.497 e. The topological polar surface area (TPSA) is 41.7 Å². The maximum absolute atomic E-state index is 6.50. The predicted molar refractivity (Wildman–Crippen MR) is 81.1 cm³/mol. The zero-order valence-corrected chi connectivity index (χ0v) is 12.5. The van der Waals surface area contributed by atoms with Crippen molar-refractivity contribution in [3.63, 3.8) is 0 Å². The Morgan fingerprint density at radius 3 is 2.65 bits per heavy atom. The van der Waals surface area contributed by atoms with Crippen molar-refractivity contribution in [1.82, 2.24) is 9.80 Å². The highest BCUT2D eigenvalue weighted by atomic mass is 16.5. The van der Waals surface area contributed by atoms with Crippen molar-refractivity contribution in [1.29, 1.82) is 0 Å². The Labute approximate surface area is 121 Å². The Balaban J connectivity index is 1.72. The van der Waals surface area contributed by atoms with Gasteiger partial charge in [0.1, 0.15) is 5.75 Å².